The van der Waals surface area contributed by atoms with Crippen LogP contribution in [0.5, 0.6) is 0 Å². The summed E-state index contributed by atoms with van der Waals surface area (Å²) < 4.78 is 32.2. The monoisotopic (exact) mass is 332 g/mol. The summed E-state index contributed by atoms with van der Waals surface area (Å²) in [6, 6.07) is 6.83. The van der Waals surface area contributed by atoms with Gasteiger partial charge in [0.15, 0.2) is 0 Å². The molecule has 1 N–H and O–H groups in total. The summed E-state index contributed by atoms with van der Waals surface area (Å²) in [5.74, 6) is -0.0321. The average Bonchev–Trinajstić information content (AvgIpc) is 2.41. The van der Waals surface area contributed by atoms with Gasteiger partial charge in [0, 0.05) is 24.7 Å². The molecule has 118 valence electrons. The summed E-state index contributed by atoms with van der Waals surface area (Å²) in [5.41, 5.74) is 0.723. The maximum Gasteiger partial charge on any atom is 0.215 e. The van der Waals surface area contributed by atoms with E-state index in [0.717, 1.165) is 18.7 Å². The number of hydrogen-bond donors (Lipinski definition) is 1. The Balaban J connectivity index is 1.77. The Morgan fingerprint density at radius 2 is 2.10 bits per heavy atom. The molecule has 1 saturated heterocycles. The smallest absolute Gasteiger partial charge is 0.215 e. The Morgan fingerprint density at radius 3 is 2.76 bits per heavy atom. The number of rotatable bonds is 6. The van der Waals surface area contributed by atoms with Crippen molar-refractivity contribution in [1.82, 2.24) is 9.62 Å². The fraction of sp³-hybridized carbons (Fsp3) is 0.571. The van der Waals surface area contributed by atoms with E-state index < -0.39 is 10.0 Å². The van der Waals surface area contributed by atoms with Crippen LogP contribution in [-0.2, 0) is 20.5 Å². The number of hydrogen-bond acceptors (Lipinski definition) is 4. The zero-order valence-electron chi connectivity index (χ0n) is 12.1. The first-order valence-electron chi connectivity index (χ1n) is 6.96. The number of morpholine rings is 1. The van der Waals surface area contributed by atoms with Crippen LogP contribution in [0, 0.1) is 0 Å². The number of benzene rings is 1. The van der Waals surface area contributed by atoms with Gasteiger partial charge in [-0.25, -0.2) is 13.1 Å². The summed E-state index contributed by atoms with van der Waals surface area (Å²) >= 11 is 5.78. The predicted octanol–water partition coefficient (Wildman–Crippen LogP) is 1.48. The van der Waals surface area contributed by atoms with Gasteiger partial charge in [-0.3, -0.25) is 0 Å². The largest absolute Gasteiger partial charge is 0.376 e. The third-order valence-corrected chi connectivity index (χ3v) is 5.01. The Labute approximate surface area is 131 Å². The van der Waals surface area contributed by atoms with Crippen LogP contribution >= 0.6 is 11.6 Å². The topological polar surface area (TPSA) is 58.6 Å². The molecule has 1 heterocycles. The SMILES string of the molecule is CN1CCOC(CCNS(=O)(=O)Cc2ccc(Cl)cc2)C1. The van der Waals surface area contributed by atoms with Crippen LogP contribution in [-0.4, -0.2) is 52.7 Å². The number of halogens is 1. The summed E-state index contributed by atoms with van der Waals surface area (Å²) in [4.78, 5) is 2.19. The lowest BCUT2D eigenvalue weighted by Gasteiger charge is -2.30. The minimum Gasteiger partial charge on any atom is -0.376 e. The van der Waals surface area contributed by atoms with Gasteiger partial charge < -0.3 is 9.64 Å². The van der Waals surface area contributed by atoms with E-state index >= 15 is 0 Å². The molecule has 0 radical (unpaired) electrons. The van der Waals surface area contributed by atoms with Crippen molar-refractivity contribution in [3.05, 3.63) is 34.9 Å². The predicted molar refractivity (Wildman–Crippen MR) is 83.9 cm³/mol. The highest BCUT2D eigenvalue weighted by atomic mass is 35.5. The second kappa shape index (κ2) is 7.56. The summed E-state index contributed by atoms with van der Waals surface area (Å²) in [7, 11) is -1.28. The molecule has 0 spiro atoms. The molecule has 1 fully saturated rings. The standard InChI is InChI=1S/C14H21ClN2O3S/c1-17-8-9-20-14(10-17)6-7-16-21(18,19)11-12-2-4-13(15)5-3-12/h2-5,14,16H,6-11H2,1H3. The highest BCUT2D eigenvalue weighted by molar-refractivity contribution is 7.88. The molecule has 1 aromatic carbocycles. The lowest BCUT2D eigenvalue weighted by atomic mass is 10.2. The fourth-order valence-electron chi connectivity index (χ4n) is 2.27. The molecule has 0 aliphatic carbocycles. The van der Waals surface area contributed by atoms with Crippen molar-refractivity contribution in [3.8, 4) is 0 Å². The third-order valence-electron chi connectivity index (χ3n) is 3.40. The van der Waals surface area contributed by atoms with E-state index in [-0.39, 0.29) is 11.9 Å². The van der Waals surface area contributed by atoms with Crippen molar-refractivity contribution in [3.63, 3.8) is 0 Å². The molecule has 1 aliphatic heterocycles. The molecule has 1 unspecified atom stereocenters. The van der Waals surface area contributed by atoms with E-state index in [0.29, 0.717) is 24.6 Å². The minimum absolute atomic E-state index is 0.0321. The van der Waals surface area contributed by atoms with Crippen LogP contribution in [0.3, 0.4) is 0 Å². The molecule has 21 heavy (non-hydrogen) atoms. The quantitative estimate of drug-likeness (QED) is 0.857. The van der Waals surface area contributed by atoms with Gasteiger partial charge in [-0.1, -0.05) is 23.7 Å². The van der Waals surface area contributed by atoms with Crippen molar-refractivity contribution in [2.24, 2.45) is 0 Å². The number of likely N-dealkylation sites (N-methyl/N-ethyl adjacent to an activating group) is 1. The van der Waals surface area contributed by atoms with Crippen molar-refractivity contribution in [1.29, 1.82) is 0 Å². The maximum atomic E-state index is 12.0. The van der Waals surface area contributed by atoms with Gasteiger partial charge in [0.1, 0.15) is 0 Å². The molecule has 2 rings (SSSR count). The number of ether oxygens (including phenoxy) is 1. The summed E-state index contributed by atoms with van der Waals surface area (Å²) in [6.07, 6.45) is 0.784. The van der Waals surface area contributed by atoms with Gasteiger partial charge in [-0.2, -0.15) is 0 Å². The van der Waals surface area contributed by atoms with Gasteiger partial charge >= 0.3 is 0 Å². The van der Waals surface area contributed by atoms with Crippen molar-refractivity contribution < 1.29 is 13.2 Å². The van der Waals surface area contributed by atoms with Crippen LogP contribution in [0.1, 0.15) is 12.0 Å². The van der Waals surface area contributed by atoms with E-state index in [9.17, 15) is 8.42 Å². The lowest BCUT2D eigenvalue weighted by molar-refractivity contribution is -0.0222. The maximum absolute atomic E-state index is 12.0. The van der Waals surface area contributed by atoms with Crippen LogP contribution < -0.4 is 4.72 Å². The molecule has 1 aromatic rings. The van der Waals surface area contributed by atoms with Gasteiger partial charge in [0.05, 0.1) is 18.5 Å². The molecule has 0 bridgehead atoms. The van der Waals surface area contributed by atoms with Gasteiger partial charge in [0.2, 0.25) is 10.0 Å². The second-order valence-electron chi connectivity index (χ2n) is 5.32. The van der Waals surface area contributed by atoms with E-state index in [4.69, 9.17) is 16.3 Å². The first-order chi connectivity index (χ1) is 9.94. The van der Waals surface area contributed by atoms with Crippen LogP contribution in [0.2, 0.25) is 5.02 Å². The Kier molecular flexibility index (Phi) is 6.01. The Hall–Kier alpha value is -0.660. The fourth-order valence-corrected chi connectivity index (χ4v) is 3.56. The molecule has 1 aliphatic rings. The molecule has 5 nitrogen and oxygen atoms in total. The Morgan fingerprint density at radius 1 is 1.38 bits per heavy atom. The van der Waals surface area contributed by atoms with E-state index in [1.54, 1.807) is 24.3 Å². The molecule has 0 saturated carbocycles. The van der Waals surface area contributed by atoms with Crippen LogP contribution in [0.25, 0.3) is 0 Å². The third kappa shape index (κ3) is 5.92. The van der Waals surface area contributed by atoms with E-state index in [1.807, 2.05) is 7.05 Å². The molecule has 1 atom stereocenters. The first kappa shape index (κ1) is 16.7. The van der Waals surface area contributed by atoms with Gasteiger partial charge in [-0.05, 0) is 31.2 Å². The number of nitrogens with one attached hydrogen (secondary N) is 1. The normalized spacial score (nSPS) is 20.6. The van der Waals surface area contributed by atoms with Gasteiger partial charge in [0.25, 0.3) is 0 Å². The minimum atomic E-state index is -3.32. The molecule has 0 amide bonds. The van der Waals surface area contributed by atoms with Crippen LogP contribution in [0.4, 0.5) is 0 Å². The second-order valence-corrected chi connectivity index (χ2v) is 7.57. The van der Waals surface area contributed by atoms with Crippen LogP contribution in [0.15, 0.2) is 24.3 Å². The van der Waals surface area contributed by atoms with E-state index in [2.05, 4.69) is 9.62 Å². The Bertz CT molecular complexity index is 548. The zero-order valence-corrected chi connectivity index (χ0v) is 13.7. The molecular weight excluding hydrogens is 312 g/mol. The molecular formula is C14H21ClN2O3S. The summed E-state index contributed by atoms with van der Waals surface area (Å²) in [5, 5.41) is 0.600. The van der Waals surface area contributed by atoms with E-state index in [1.165, 1.54) is 0 Å². The van der Waals surface area contributed by atoms with Crippen molar-refractivity contribution in [2.75, 3.05) is 33.3 Å². The summed E-state index contributed by atoms with van der Waals surface area (Å²) in [6.45, 7) is 2.88. The highest BCUT2D eigenvalue weighted by Crippen LogP contribution is 2.12. The first-order valence-corrected chi connectivity index (χ1v) is 8.99. The average molecular weight is 333 g/mol. The molecule has 0 aromatic heterocycles. The number of sulfonamides is 1. The zero-order chi connectivity index (χ0) is 15.3. The lowest BCUT2D eigenvalue weighted by Crippen LogP contribution is -2.41. The van der Waals surface area contributed by atoms with Crippen molar-refractivity contribution >= 4 is 21.6 Å². The number of nitrogens with zero attached hydrogens (tertiary/aromatic N) is 1. The van der Waals surface area contributed by atoms with Gasteiger partial charge in [-0.15, -0.1) is 0 Å². The van der Waals surface area contributed by atoms with Crippen molar-refractivity contribution in [2.45, 2.75) is 18.3 Å². The highest BCUT2D eigenvalue weighted by Gasteiger charge is 2.18. The molecule has 7 heteroatoms.